The Bertz CT molecular complexity index is 361. The Kier molecular flexibility index (Phi) is 5.50. The molecular formula is C9H8F5N3O. The maximum absolute atomic E-state index is 12.7. The van der Waals surface area contributed by atoms with Crippen LogP contribution in [-0.4, -0.2) is 36.0 Å². The number of amides is 1. The molecule has 0 fully saturated rings. The lowest BCUT2D eigenvalue weighted by Gasteiger charge is -2.26. The first-order valence-electron chi connectivity index (χ1n) is 4.66. The highest BCUT2D eigenvalue weighted by Crippen LogP contribution is 2.36. The van der Waals surface area contributed by atoms with E-state index in [-0.39, 0.29) is 4.90 Å². The number of hydrogen-bond acceptors (Lipinski definition) is 3. The summed E-state index contributed by atoms with van der Waals surface area (Å²) in [5, 5.41) is 16.4. The normalized spacial score (nSPS) is 11.5. The van der Waals surface area contributed by atoms with Crippen molar-refractivity contribution in [3.8, 4) is 12.1 Å². The van der Waals surface area contributed by atoms with Gasteiger partial charge in [0.05, 0.1) is 25.0 Å². The molecule has 0 spiro atoms. The second-order valence-corrected chi connectivity index (χ2v) is 3.18. The third kappa shape index (κ3) is 3.84. The van der Waals surface area contributed by atoms with Crippen LogP contribution in [0.3, 0.4) is 0 Å². The minimum atomic E-state index is -6.00. The third-order valence-electron chi connectivity index (χ3n) is 1.90. The van der Waals surface area contributed by atoms with E-state index in [1.807, 2.05) is 0 Å². The molecule has 0 radical (unpaired) electrons. The van der Waals surface area contributed by atoms with Crippen molar-refractivity contribution in [2.45, 2.75) is 24.9 Å². The summed E-state index contributed by atoms with van der Waals surface area (Å²) in [5.41, 5.74) is 0. The van der Waals surface area contributed by atoms with Crippen LogP contribution >= 0.6 is 0 Å². The fourth-order valence-corrected chi connectivity index (χ4v) is 1.00. The van der Waals surface area contributed by atoms with Gasteiger partial charge in [0.25, 0.3) is 0 Å². The zero-order valence-corrected chi connectivity index (χ0v) is 8.97. The first-order chi connectivity index (χ1) is 8.18. The highest BCUT2D eigenvalue weighted by molar-refractivity contribution is 5.84. The van der Waals surface area contributed by atoms with Gasteiger partial charge in [0.2, 0.25) is 0 Å². The van der Waals surface area contributed by atoms with Crippen molar-refractivity contribution >= 4 is 5.91 Å². The molecule has 4 nitrogen and oxygen atoms in total. The summed E-state index contributed by atoms with van der Waals surface area (Å²) in [6.07, 6.45) is -6.79. The lowest BCUT2D eigenvalue weighted by atomic mass is 10.2. The topological polar surface area (TPSA) is 67.9 Å². The molecule has 9 heteroatoms. The van der Waals surface area contributed by atoms with Crippen LogP contribution in [0.15, 0.2) is 0 Å². The van der Waals surface area contributed by atoms with Crippen LogP contribution in [0, 0.1) is 22.7 Å². The maximum atomic E-state index is 12.7. The highest BCUT2D eigenvalue weighted by Gasteiger charge is 2.64. The molecule has 0 saturated carbocycles. The van der Waals surface area contributed by atoms with Crippen LogP contribution in [0.2, 0.25) is 0 Å². The van der Waals surface area contributed by atoms with Gasteiger partial charge in [-0.15, -0.1) is 0 Å². The summed E-state index contributed by atoms with van der Waals surface area (Å²) < 4.78 is 61.4. The van der Waals surface area contributed by atoms with Crippen LogP contribution in [0.5, 0.6) is 0 Å². The molecule has 1 amide bonds. The lowest BCUT2D eigenvalue weighted by molar-refractivity contribution is -0.274. The van der Waals surface area contributed by atoms with Gasteiger partial charge in [-0.1, -0.05) is 0 Å². The van der Waals surface area contributed by atoms with Crippen LogP contribution in [-0.2, 0) is 4.79 Å². The van der Waals surface area contributed by atoms with Gasteiger partial charge in [0.15, 0.2) is 0 Å². The second-order valence-electron chi connectivity index (χ2n) is 3.18. The number of carbonyl (C=O) groups excluding carboxylic acids is 1. The van der Waals surface area contributed by atoms with Crippen molar-refractivity contribution in [1.29, 1.82) is 10.5 Å². The first-order valence-corrected chi connectivity index (χ1v) is 4.66. The molecular weight excluding hydrogens is 261 g/mol. The standard InChI is InChI=1S/C9H8F5N3O/c10-8(11,9(12,13)14)7(18)17(5-1-3-15)6-2-4-16/h1-2,5-6H2. The summed E-state index contributed by atoms with van der Waals surface area (Å²) in [4.78, 5) is 11.2. The van der Waals surface area contributed by atoms with Gasteiger partial charge in [-0.2, -0.15) is 32.5 Å². The number of nitrogens with zero attached hydrogens (tertiary/aromatic N) is 3. The number of rotatable bonds is 5. The van der Waals surface area contributed by atoms with Gasteiger partial charge in [0, 0.05) is 13.1 Å². The van der Waals surface area contributed by atoms with Crippen LogP contribution in [0.4, 0.5) is 22.0 Å². The van der Waals surface area contributed by atoms with Crippen molar-refractivity contribution in [2.24, 2.45) is 0 Å². The van der Waals surface area contributed by atoms with E-state index in [1.165, 1.54) is 12.1 Å². The minimum absolute atomic E-state index is 0.167. The molecule has 0 heterocycles. The molecule has 0 rings (SSSR count). The zero-order valence-electron chi connectivity index (χ0n) is 8.97. The predicted octanol–water partition coefficient (Wildman–Crippen LogP) is 1.84. The molecule has 0 aliphatic rings. The molecule has 0 aromatic heterocycles. The lowest BCUT2D eigenvalue weighted by Crippen LogP contribution is -2.52. The average molecular weight is 269 g/mol. The molecule has 0 atom stereocenters. The minimum Gasteiger partial charge on any atom is -0.335 e. The maximum Gasteiger partial charge on any atom is 0.463 e. The number of hydrogen-bond donors (Lipinski definition) is 0. The van der Waals surface area contributed by atoms with Gasteiger partial charge >= 0.3 is 18.0 Å². The van der Waals surface area contributed by atoms with Crippen molar-refractivity contribution < 1.29 is 26.7 Å². The van der Waals surface area contributed by atoms with Gasteiger partial charge in [-0.05, 0) is 0 Å². The Labute approximate surface area is 99.2 Å². The largest absolute Gasteiger partial charge is 0.463 e. The number of nitriles is 2. The van der Waals surface area contributed by atoms with Crippen molar-refractivity contribution in [2.75, 3.05) is 13.1 Å². The fraction of sp³-hybridized carbons (Fsp3) is 0.667. The van der Waals surface area contributed by atoms with E-state index in [1.54, 1.807) is 0 Å². The smallest absolute Gasteiger partial charge is 0.335 e. The zero-order chi connectivity index (χ0) is 14.4. The molecule has 0 aliphatic heterocycles. The number of alkyl halides is 5. The summed E-state index contributed by atoms with van der Waals surface area (Å²) in [5.74, 6) is -7.96. The Morgan fingerprint density at radius 1 is 1.00 bits per heavy atom. The van der Waals surface area contributed by atoms with Crippen LogP contribution in [0.25, 0.3) is 0 Å². The summed E-state index contributed by atoms with van der Waals surface area (Å²) in [6.45, 7) is -1.16. The SMILES string of the molecule is N#CCCN(CCC#N)C(=O)C(F)(F)C(F)(F)F. The average Bonchev–Trinajstić information content (AvgIpc) is 2.27. The Balaban J connectivity index is 4.96. The first kappa shape index (κ1) is 16.1. The number of carbonyl (C=O) groups is 1. The van der Waals surface area contributed by atoms with Crippen molar-refractivity contribution in [1.82, 2.24) is 4.90 Å². The molecule has 0 saturated heterocycles. The molecule has 0 bridgehead atoms. The highest BCUT2D eigenvalue weighted by atomic mass is 19.4. The van der Waals surface area contributed by atoms with E-state index < -0.39 is 43.9 Å². The monoisotopic (exact) mass is 269 g/mol. The van der Waals surface area contributed by atoms with Gasteiger partial charge in [-0.3, -0.25) is 4.79 Å². The molecule has 18 heavy (non-hydrogen) atoms. The Morgan fingerprint density at radius 3 is 1.67 bits per heavy atom. The van der Waals surface area contributed by atoms with Gasteiger partial charge < -0.3 is 4.90 Å². The predicted molar refractivity (Wildman–Crippen MR) is 48.0 cm³/mol. The van der Waals surface area contributed by atoms with Crippen LogP contribution in [0.1, 0.15) is 12.8 Å². The van der Waals surface area contributed by atoms with E-state index in [0.29, 0.717) is 0 Å². The van der Waals surface area contributed by atoms with E-state index in [0.717, 1.165) is 0 Å². The molecule has 0 unspecified atom stereocenters. The third-order valence-corrected chi connectivity index (χ3v) is 1.90. The molecule has 0 aromatic carbocycles. The second kappa shape index (κ2) is 6.15. The Morgan fingerprint density at radius 2 is 1.39 bits per heavy atom. The van der Waals surface area contributed by atoms with E-state index >= 15 is 0 Å². The van der Waals surface area contributed by atoms with Crippen molar-refractivity contribution in [3.63, 3.8) is 0 Å². The molecule has 100 valence electrons. The van der Waals surface area contributed by atoms with Gasteiger partial charge in [0.1, 0.15) is 0 Å². The number of halogens is 5. The van der Waals surface area contributed by atoms with Crippen LogP contribution < -0.4 is 0 Å². The molecule has 0 N–H and O–H groups in total. The van der Waals surface area contributed by atoms with E-state index in [9.17, 15) is 26.7 Å². The Hall–Kier alpha value is -1.90. The van der Waals surface area contributed by atoms with Gasteiger partial charge in [-0.25, -0.2) is 0 Å². The van der Waals surface area contributed by atoms with E-state index in [4.69, 9.17) is 10.5 Å². The summed E-state index contributed by atoms with van der Waals surface area (Å²) in [6, 6.07) is 3.03. The summed E-state index contributed by atoms with van der Waals surface area (Å²) in [7, 11) is 0. The fourth-order valence-electron chi connectivity index (χ4n) is 1.00. The molecule has 0 aliphatic carbocycles. The summed E-state index contributed by atoms with van der Waals surface area (Å²) >= 11 is 0. The molecule has 0 aromatic rings. The quantitative estimate of drug-likeness (QED) is 0.715. The van der Waals surface area contributed by atoms with Crippen molar-refractivity contribution in [3.05, 3.63) is 0 Å². The van der Waals surface area contributed by atoms with E-state index in [2.05, 4.69) is 0 Å².